The minimum absolute atomic E-state index is 0.0768. The molecule has 0 radical (unpaired) electrons. The molecule has 0 saturated carbocycles. The van der Waals surface area contributed by atoms with E-state index in [2.05, 4.69) is 5.32 Å². The summed E-state index contributed by atoms with van der Waals surface area (Å²) >= 11 is 0. The molecule has 2 fully saturated rings. The van der Waals surface area contributed by atoms with Gasteiger partial charge in [0.2, 0.25) is 0 Å². The molecule has 2 amide bonds. The molecule has 2 rings (SSSR count). The molecule has 0 aromatic rings. The van der Waals surface area contributed by atoms with Crippen LogP contribution in [0.3, 0.4) is 0 Å². The van der Waals surface area contributed by atoms with Crippen LogP contribution in [0.25, 0.3) is 0 Å². The van der Waals surface area contributed by atoms with E-state index in [1.54, 1.807) is 4.90 Å². The molecule has 60 valence electrons. The largest absolute Gasteiger partial charge is 0.331 e. The van der Waals surface area contributed by atoms with Crippen molar-refractivity contribution >= 4 is 11.8 Å². The second kappa shape index (κ2) is 2.22. The van der Waals surface area contributed by atoms with Gasteiger partial charge in [-0.05, 0) is 12.8 Å². The number of Topliss-reactive ketones (excluding diaryl/α,β-unsaturated/α-hetero) is 1. The number of rotatable bonds is 0. The highest BCUT2D eigenvalue weighted by Crippen LogP contribution is 2.19. The second-order valence-electron chi connectivity index (χ2n) is 2.98. The van der Waals surface area contributed by atoms with Gasteiger partial charge in [0.05, 0.1) is 12.6 Å². The molecule has 2 heterocycles. The van der Waals surface area contributed by atoms with Crippen molar-refractivity contribution in [1.29, 1.82) is 0 Å². The molecule has 4 nitrogen and oxygen atoms in total. The Kier molecular flexibility index (Phi) is 1.34. The van der Waals surface area contributed by atoms with Gasteiger partial charge in [0.15, 0.2) is 5.78 Å². The van der Waals surface area contributed by atoms with Gasteiger partial charge >= 0.3 is 6.03 Å². The Balaban J connectivity index is 2.20. The number of fused-ring (bicyclic) bond motifs is 1. The molecule has 2 aliphatic heterocycles. The smallest absolute Gasteiger partial charge is 0.318 e. The summed E-state index contributed by atoms with van der Waals surface area (Å²) in [5.41, 5.74) is 0. The van der Waals surface area contributed by atoms with Gasteiger partial charge in [-0.25, -0.2) is 4.79 Å². The predicted octanol–water partition coefficient (Wildman–Crippen LogP) is -0.257. The average Bonchev–Trinajstić information content (AvgIpc) is 2.45. The van der Waals surface area contributed by atoms with E-state index in [1.165, 1.54) is 0 Å². The maximum Gasteiger partial charge on any atom is 0.318 e. The number of hydrogen-bond acceptors (Lipinski definition) is 2. The predicted molar refractivity (Wildman–Crippen MR) is 38.1 cm³/mol. The highest BCUT2D eigenvalue weighted by atomic mass is 16.2. The Hall–Kier alpha value is -1.06. The van der Waals surface area contributed by atoms with Crippen LogP contribution in [0.2, 0.25) is 0 Å². The van der Waals surface area contributed by atoms with Gasteiger partial charge in [-0.1, -0.05) is 0 Å². The first-order valence-corrected chi connectivity index (χ1v) is 3.86. The van der Waals surface area contributed by atoms with Crippen LogP contribution in [0.4, 0.5) is 4.79 Å². The Labute approximate surface area is 64.5 Å². The topological polar surface area (TPSA) is 49.4 Å². The molecule has 0 spiro atoms. The average molecular weight is 154 g/mol. The van der Waals surface area contributed by atoms with Crippen LogP contribution >= 0.6 is 0 Å². The number of ketones is 1. The van der Waals surface area contributed by atoms with Gasteiger partial charge < -0.3 is 10.2 Å². The van der Waals surface area contributed by atoms with Crippen LogP contribution in [-0.2, 0) is 4.79 Å². The zero-order chi connectivity index (χ0) is 7.84. The van der Waals surface area contributed by atoms with Crippen molar-refractivity contribution in [3.05, 3.63) is 0 Å². The molecule has 1 atom stereocenters. The molecule has 2 aliphatic rings. The fraction of sp³-hybridized carbons (Fsp3) is 0.714. The molecule has 1 N–H and O–H groups in total. The summed E-state index contributed by atoms with van der Waals surface area (Å²) in [7, 11) is 0. The van der Waals surface area contributed by atoms with Crippen LogP contribution in [0.1, 0.15) is 12.8 Å². The second-order valence-corrected chi connectivity index (χ2v) is 2.98. The Morgan fingerprint density at radius 3 is 3.00 bits per heavy atom. The Bertz CT molecular complexity index is 192. The third kappa shape index (κ3) is 0.895. The standard InChI is InChI=1S/C7H10N2O2/c10-6-4-8-7(11)9-3-1-2-5(6)9/h5H,1-4H2,(H,8,11)/t5-/m0/s1. The monoisotopic (exact) mass is 154 g/mol. The lowest BCUT2D eigenvalue weighted by molar-refractivity contribution is -0.122. The molecule has 0 bridgehead atoms. The highest BCUT2D eigenvalue weighted by Gasteiger charge is 2.37. The quantitative estimate of drug-likeness (QED) is 0.522. The summed E-state index contributed by atoms with van der Waals surface area (Å²) in [5.74, 6) is 0.155. The molecule has 0 aromatic heterocycles. The van der Waals surface area contributed by atoms with Crippen molar-refractivity contribution in [2.45, 2.75) is 18.9 Å². The fourth-order valence-electron chi connectivity index (χ4n) is 1.73. The molecular formula is C7H10N2O2. The summed E-state index contributed by atoms with van der Waals surface area (Å²) in [6.07, 6.45) is 1.82. The number of carbonyl (C=O) groups excluding carboxylic acids is 2. The van der Waals surface area contributed by atoms with Crippen molar-refractivity contribution < 1.29 is 9.59 Å². The van der Waals surface area contributed by atoms with Crippen molar-refractivity contribution in [3.63, 3.8) is 0 Å². The van der Waals surface area contributed by atoms with Crippen molar-refractivity contribution in [1.82, 2.24) is 10.2 Å². The number of nitrogens with one attached hydrogen (secondary N) is 1. The molecule has 11 heavy (non-hydrogen) atoms. The van der Waals surface area contributed by atoms with Crippen LogP contribution in [0.15, 0.2) is 0 Å². The fourth-order valence-corrected chi connectivity index (χ4v) is 1.73. The van der Waals surface area contributed by atoms with Gasteiger partial charge in [0.25, 0.3) is 0 Å². The van der Waals surface area contributed by atoms with E-state index in [4.69, 9.17) is 0 Å². The number of amides is 2. The molecule has 0 unspecified atom stereocenters. The lowest BCUT2D eigenvalue weighted by Gasteiger charge is -2.28. The van der Waals surface area contributed by atoms with Crippen LogP contribution in [-0.4, -0.2) is 35.8 Å². The van der Waals surface area contributed by atoms with E-state index in [0.29, 0.717) is 0 Å². The molecule has 0 aliphatic carbocycles. The molecule has 0 aromatic carbocycles. The van der Waals surface area contributed by atoms with Crippen LogP contribution < -0.4 is 5.32 Å². The first-order chi connectivity index (χ1) is 5.29. The lowest BCUT2D eigenvalue weighted by atomic mass is 10.1. The highest BCUT2D eigenvalue weighted by molar-refractivity contribution is 5.96. The zero-order valence-electron chi connectivity index (χ0n) is 6.17. The normalized spacial score (nSPS) is 30.2. The third-order valence-corrected chi connectivity index (χ3v) is 2.30. The van der Waals surface area contributed by atoms with Gasteiger partial charge in [0.1, 0.15) is 0 Å². The van der Waals surface area contributed by atoms with Gasteiger partial charge in [-0.3, -0.25) is 4.79 Å². The summed E-state index contributed by atoms with van der Waals surface area (Å²) in [6, 6.07) is -0.184. The van der Waals surface area contributed by atoms with Crippen molar-refractivity contribution in [2.75, 3.05) is 13.1 Å². The Morgan fingerprint density at radius 1 is 1.45 bits per heavy atom. The first kappa shape index (κ1) is 6.64. The molecule has 4 heteroatoms. The summed E-state index contributed by atoms with van der Waals surface area (Å²) < 4.78 is 0. The molecular weight excluding hydrogens is 144 g/mol. The maximum atomic E-state index is 11.2. The number of nitrogens with zero attached hydrogens (tertiary/aromatic N) is 1. The third-order valence-electron chi connectivity index (χ3n) is 2.30. The van der Waals surface area contributed by atoms with Crippen LogP contribution in [0, 0.1) is 0 Å². The van der Waals surface area contributed by atoms with E-state index < -0.39 is 0 Å². The minimum Gasteiger partial charge on any atom is -0.331 e. The van der Waals surface area contributed by atoms with Crippen molar-refractivity contribution in [2.24, 2.45) is 0 Å². The van der Waals surface area contributed by atoms with Gasteiger partial charge in [-0.2, -0.15) is 0 Å². The van der Waals surface area contributed by atoms with Gasteiger partial charge in [0, 0.05) is 6.54 Å². The van der Waals surface area contributed by atoms with E-state index in [1.807, 2.05) is 0 Å². The van der Waals surface area contributed by atoms with E-state index >= 15 is 0 Å². The zero-order valence-corrected chi connectivity index (χ0v) is 6.17. The van der Waals surface area contributed by atoms with Gasteiger partial charge in [-0.15, -0.1) is 0 Å². The summed E-state index contributed by atoms with van der Waals surface area (Å²) in [6.45, 7) is 0.961. The van der Waals surface area contributed by atoms with E-state index in [0.717, 1.165) is 19.4 Å². The van der Waals surface area contributed by atoms with E-state index in [9.17, 15) is 9.59 Å². The number of urea groups is 1. The maximum absolute atomic E-state index is 11.2. The number of hydrogen-bond donors (Lipinski definition) is 1. The summed E-state index contributed by atoms with van der Waals surface area (Å²) in [4.78, 5) is 23.9. The SMILES string of the molecule is O=C1CNC(=O)N2CCC[C@@H]12. The van der Waals surface area contributed by atoms with Crippen LogP contribution in [0.5, 0.6) is 0 Å². The lowest BCUT2D eigenvalue weighted by Crippen LogP contribution is -2.54. The first-order valence-electron chi connectivity index (χ1n) is 3.86. The Morgan fingerprint density at radius 2 is 2.27 bits per heavy atom. The number of carbonyl (C=O) groups is 2. The summed E-state index contributed by atoms with van der Waals surface area (Å²) in [5, 5.41) is 2.54. The molecule has 2 saturated heterocycles. The van der Waals surface area contributed by atoms with Crippen molar-refractivity contribution in [3.8, 4) is 0 Å². The minimum atomic E-state index is -0.108. The van der Waals surface area contributed by atoms with E-state index in [-0.39, 0.29) is 24.4 Å².